The number of hydrogen-bond acceptors (Lipinski definition) is 3. The lowest BCUT2D eigenvalue weighted by atomic mass is 9.91. The van der Waals surface area contributed by atoms with Crippen molar-refractivity contribution < 1.29 is 9.47 Å². The van der Waals surface area contributed by atoms with Crippen molar-refractivity contribution in [2.45, 2.75) is 18.4 Å². The third-order valence-corrected chi connectivity index (χ3v) is 3.56. The molecule has 2 aliphatic heterocycles. The highest BCUT2D eigenvalue weighted by Gasteiger charge is 2.40. The molecule has 2 aliphatic rings. The molecule has 0 atom stereocenters. The lowest BCUT2D eigenvalue weighted by molar-refractivity contribution is -0.0483. The molecule has 86 valence electrons. The lowest BCUT2D eigenvalue weighted by Gasteiger charge is -2.43. The second kappa shape index (κ2) is 3.67. The highest BCUT2D eigenvalue weighted by molar-refractivity contribution is 5.41. The van der Waals surface area contributed by atoms with Crippen molar-refractivity contribution in [2.24, 2.45) is 0 Å². The Morgan fingerprint density at radius 3 is 2.56 bits per heavy atom. The van der Waals surface area contributed by atoms with E-state index in [-0.39, 0.29) is 5.60 Å². The molecule has 1 saturated heterocycles. The molecule has 1 fully saturated rings. The molecule has 3 nitrogen and oxygen atoms in total. The number of benzene rings is 1. The van der Waals surface area contributed by atoms with Crippen LogP contribution in [0.2, 0.25) is 0 Å². The van der Waals surface area contributed by atoms with Gasteiger partial charge in [0.1, 0.15) is 12.2 Å². The van der Waals surface area contributed by atoms with Crippen LogP contribution in [-0.4, -0.2) is 37.2 Å². The molecule has 0 bridgehead atoms. The lowest BCUT2D eigenvalue weighted by Crippen LogP contribution is -2.52. The number of rotatable bonds is 0. The van der Waals surface area contributed by atoms with Gasteiger partial charge in [-0.25, -0.2) is 0 Å². The zero-order valence-electron chi connectivity index (χ0n) is 9.61. The second-order valence-electron chi connectivity index (χ2n) is 4.82. The Bertz CT molecular complexity index is 383. The summed E-state index contributed by atoms with van der Waals surface area (Å²) in [6, 6.07) is 7.94. The summed E-state index contributed by atoms with van der Waals surface area (Å²) in [5.41, 5.74) is -0.0825. The molecule has 2 heterocycles. The van der Waals surface area contributed by atoms with Gasteiger partial charge in [0.15, 0.2) is 11.5 Å². The van der Waals surface area contributed by atoms with Gasteiger partial charge in [-0.1, -0.05) is 12.1 Å². The van der Waals surface area contributed by atoms with E-state index in [0.29, 0.717) is 6.61 Å². The highest BCUT2D eigenvalue weighted by atomic mass is 16.6. The molecule has 0 amide bonds. The van der Waals surface area contributed by atoms with Crippen LogP contribution in [0.1, 0.15) is 12.8 Å². The van der Waals surface area contributed by atoms with E-state index in [2.05, 4.69) is 11.9 Å². The molecule has 0 aromatic heterocycles. The Morgan fingerprint density at radius 1 is 1.12 bits per heavy atom. The SMILES string of the molecule is CN1CCC2(CC1)COc1ccccc1O2. The summed E-state index contributed by atoms with van der Waals surface area (Å²) in [7, 11) is 2.16. The van der Waals surface area contributed by atoms with Gasteiger partial charge in [-0.15, -0.1) is 0 Å². The summed E-state index contributed by atoms with van der Waals surface area (Å²) in [6.45, 7) is 2.87. The van der Waals surface area contributed by atoms with E-state index in [1.807, 2.05) is 24.3 Å². The zero-order chi connectivity index (χ0) is 11.0. The normalized spacial score (nSPS) is 23.3. The molecule has 1 aromatic carbocycles. The second-order valence-corrected chi connectivity index (χ2v) is 4.82. The van der Waals surface area contributed by atoms with Crippen LogP contribution in [0.3, 0.4) is 0 Å². The molecular weight excluding hydrogens is 202 g/mol. The van der Waals surface area contributed by atoms with Gasteiger partial charge in [0.2, 0.25) is 0 Å². The van der Waals surface area contributed by atoms with Gasteiger partial charge in [-0.05, 0) is 19.2 Å². The van der Waals surface area contributed by atoms with E-state index >= 15 is 0 Å². The average molecular weight is 219 g/mol. The van der Waals surface area contributed by atoms with E-state index in [9.17, 15) is 0 Å². The van der Waals surface area contributed by atoms with Crippen LogP contribution >= 0.6 is 0 Å². The first-order valence-corrected chi connectivity index (χ1v) is 5.87. The molecule has 0 aliphatic carbocycles. The number of fused-ring (bicyclic) bond motifs is 1. The van der Waals surface area contributed by atoms with Gasteiger partial charge in [-0.2, -0.15) is 0 Å². The maximum Gasteiger partial charge on any atom is 0.162 e. The summed E-state index contributed by atoms with van der Waals surface area (Å²) in [4.78, 5) is 2.34. The number of hydrogen-bond donors (Lipinski definition) is 0. The van der Waals surface area contributed by atoms with Crippen LogP contribution in [0.25, 0.3) is 0 Å². The summed E-state index contributed by atoms with van der Waals surface area (Å²) in [5.74, 6) is 1.78. The molecule has 3 rings (SSSR count). The van der Waals surface area contributed by atoms with Crippen molar-refractivity contribution in [3.8, 4) is 11.5 Å². The highest BCUT2D eigenvalue weighted by Crippen LogP contribution is 2.38. The van der Waals surface area contributed by atoms with Gasteiger partial charge in [0.05, 0.1) is 0 Å². The Labute approximate surface area is 96.0 Å². The summed E-state index contributed by atoms with van der Waals surface area (Å²) < 4.78 is 12.0. The van der Waals surface area contributed by atoms with Crippen molar-refractivity contribution in [1.82, 2.24) is 4.90 Å². The first-order valence-electron chi connectivity index (χ1n) is 5.87. The van der Waals surface area contributed by atoms with Gasteiger partial charge in [0.25, 0.3) is 0 Å². The number of ether oxygens (including phenoxy) is 2. The topological polar surface area (TPSA) is 21.7 Å². The van der Waals surface area contributed by atoms with Crippen LogP contribution in [0, 0.1) is 0 Å². The Morgan fingerprint density at radius 2 is 1.81 bits per heavy atom. The summed E-state index contributed by atoms with van der Waals surface area (Å²) >= 11 is 0. The van der Waals surface area contributed by atoms with Crippen molar-refractivity contribution in [1.29, 1.82) is 0 Å². The monoisotopic (exact) mass is 219 g/mol. The van der Waals surface area contributed by atoms with Gasteiger partial charge < -0.3 is 14.4 Å². The fourth-order valence-electron chi connectivity index (χ4n) is 2.40. The largest absolute Gasteiger partial charge is 0.486 e. The molecule has 1 aromatic rings. The number of piperidine rings is 1. The summed E-state index contributed by atoms with van der Waals surface area (Å²) in [6.07, 6.45) is 2.11. The molecule has 0 radical (unpaired) electrons. The first-order chi connectivity index (χ1) is 7.77. The molecule has 0 unspecified atom stereocenters. The van der Waals surface area contributed by atoms with E-state index in [4.69, 9.17) is 9.47 Å². The minimum absolute atomic E-state index is 0.0825. The third kappa shape index (κ3) is 1.65. The maximum absolute atomic E-state index is 6.16. The number of para-hydroxylation sites is 2. The zero-order valence-corrected chi connectivity index (χ0v) is 9.61. The molecule has 16 heavy (non-hydrogen) atoms. The molecule has 0 N–H and O–H groups in total. The smallest absolute Gasteiger partial charge is 0.162 e. The predicted octanol–water partition coefficient (Wildman–Crippen LogP) is 1.92. The molecule has 3 heteroatoms. The predicted molar refractivity (Wildman–Crippen MR) is 62.0 cm³/mol. The van der Waals surface area contributed by atoms with Crippen LogP contribution in [0.15, 0.2) is 24.3 Å². The van der Waals surface area contributed by atoms with Crippen molar-refractivity contribution in [3.05, 3.63) is 24.3 Å². The van der Waals surface area contributed by atoms with E-state index < -0.39 is 0 Å². The van der Waals surface area contributed by atoms with E-state index in [0.717, 1.165) is 37.4 Å². The van der Waals surface area contributed by atoms with Gasteiger partial charge in [0, 0.05) is 25.9 Å². The van der Waals surface area contributed by atoms with Crippen LogP contribution in [0.5, 0.6) is 11.5 Å². The van der Waals surface area contributed by atoms with Crippen molar-refractivity contribution >= 4 is 0 Å². The van der Waals surface area contributed by atoms with Crippen LogP contribution in [0.4, 0.5) is 0 Å². The Hall–Kier alpha value is -1.22. The van der Waals surface area contributed by atoms with Gasteiger partial charge in [-0.3, -0.25) is 0 Å². The van der Waals surface area contributed by atoms with E-state index in [1.165, 1.54) is 0 Å². The standard InChI is InChI=1S/C13H17NO2/c1-14-8-6-13(7-9-14)10-15-11-4-2-3-5-12(11)16-13/h2-5H,6-10H2,1H3. The fourth-order valence-corrected chi connectivity index (χ4v) is 2.40. The quantitative estimate of drug-likeness (QED) is 0.665. The Balaban J connectivity index is 1.82. The molecule has 1 spiro atoms. The average Bonchev–Trinajstić information content (AvgIpc) is 2.33. The van der Waals surface area contributed by atoms with E-state index in [1.54, 1.807) is 0 Å². The minimum atomic E-state index is -0.0825. The van der Waals surface area contributed by atoms with Gasteiger partial charge >= 0.3 is 0 Å². The number of likely N-dealkylation sites (tertiary alicyclic amines) is 1. The minimum Gasteiger partial charge on any atom is -0.486 e. The number of nitrogens with zero attached hydrogens (tertiary/aromatic N) is 1. The van der Waals surface area contributed by atoms with Crippen LogP contribution in [-0.2, 0) is 0 Å². The third-order valence-electron chi connectivity index (χ3n) is 3.56. The Kier molecular flexibility index (Phi) is 2.28. The van der Waals surface area contributed by atoms with Crippen molar-refractivity contribution in [2.75, 3.05) is 26.7 Å². The van der Waals surface area contributed by atoms with Crippen LogP contribution < -0.4 is 9.47 Å². The molecular formula is C13H17NO2. The molecule has 0 saturated carbocycles. The summed E-state index contributed by atoms with van der Waals surface area (Å²) in [5, 5.41) is 0. The fraction of sp³-hybridized carbons (Fsp3) is 0.538. The first kappa shape index (κ1) is 9.97. The maximum atomic E-state index is 6.16. The van der Waals surface area contributed by atoms with Crippen molar-refractivity contribution in [3.63, 3.8) is 0 Å².